The van der Waals surface area contributed by atoms with Gasteiger partial charge in [0.1, 0.15) is 5.54 Å². The van der Waals surface area contributed by atoms with Crippen molar-refractivity contribution in [3.05, 3.63) is 29.3 Å². The molecule has 3 rings (SSSR count). The first-order valence-electron chi connectivity index (χ1n) is 9.95. The monoisotopic (exact) mass is 442 g/mol. The summed E-state index contributed by atoms with van der Waals surface area (Å²) in [7, 11) is -2.39. The van der Waals surface area contributed by atoms with Crippen molar-refractivity contribution in [2.75, 3.05) is 20.2 Å². The molecule has 1 unspecified atom stereocenters. The van der Waals surface area contributed by atoms with E-state index >= 15 is 0 Å². The SMILES string of the molecule is COC(=O)C1(NC(=O)C2CCCN(S(=O)(=O)c3ccc(Cl)cc3)C2)CCCCC1. The molecule has 29 heavy (non-hydrogen) atoms. The molecule has 0 aromatic heterocycles. The van der Waals surface area contributed by atoms with Crippen molar-refractivity contribution in [3.8, 4) is 0 Å². The normalized spacial score (nSPS) is 22.6. The molecule has 0 spiro atoms. The molecular weight excluding hydrogens is 416 g/mol. The second-order valence-electron chi connectivity index (χ2n) is 7.78. The smallest absolute Gasteiger partial charge is 0.331 e. The van der Waals surface area contributed by atoms with Gasteiger partial charge in [0.25, 0.3) is 0 Å². The van der Waals surface area contributed by atoms with Gasteiger partial charge in [-0.1, -0.05) is 30.9 Å². The van der Waals surface area contributed by atoms with Gasteiger partial charge >= 0.3 is 5.97 Å². The highest BCUT2D eigenvalue weighted by molar-refractivity contribution is 7.89. The van der Waals surface area contributed by atoms with Crippen molar-refractivity contribution in [2.45, 2.75) is 55.4 Å². The number of halogens is 1. The maximum absolute atomic E-state index is 13.0. The predicted octanol–water partition coefficient (Wildman–Crippen LogP) is 2.73. The molecule has 0 bridgehead atoms. The summed E-state index contributed by atoms with van der Waals surface area (Å²) in [5, 5.41) is 3.38. The van der Waals surface area contributed by atoms with Crippen molar-refractivity contribution < 1.29 is 22.7 Å². The minimum absolute atomic E-state index is 0.0913. The molecular formula is C20H27ClN2O5S. The van der Waals surface area contributed by atoms with Crippen LogP contribution in [-0.4, -0.2) is 50.3 Å². The third-order valence-corrected chi connectivity index (χ3v) is 7.98. The number of hydrogen-bond donors (Lipinski definition) is 1. The van der Waals surface area contributed by atoms with Crippen LogP contribution in [0.4, 0.5) is 0 Å². The van der Waals surface area contributed by atoms with Crippen LogP contribution < -0.4 is 5.32 Å². The number of benzene rings is 1. The number of carbonyl (C=O) groups is 2. The number of hydrogen-bond acceptors (Lipinski definition) is 5. The first-order valence-corrected chi connectivity index (χ1v) is 11.8. The summed E-state index contributed by atoms with van der Waals surface area (Å²) < 4.78 is 32.2. The molecule has 160 valence electrons. The highest BCUT2D eigenvalue weighted by atomic mass is 35.5. The van der Waals surface area contributed by atoms with Crippen LogP contribution in [0.25, 0.3) is 0 Å². The van der Waals surface area contributed by atoms with Gasteiger partial charge in [-0.2, -0.15) is 4.31 Å². The zero-order valence-corrected chi connectivity index (χ0v) is 18.1. The molecule has 1 amide bonds. The van der Waals surface area contributed by atoms with Crippen LogP contribution in [-0.2, 0) is 24.3 Å². The van der Waals surface area contributed by atoms with Gasteiger partial charge in [-0.3, -0.25) is 4.79 Å². The van der Waals surface area contributed by atoms with Gasteiger partial charge in [-0.25, -0.2) is 13.2 Å². The van der Waals surface area contributed by atoms with Crippen LogP contribution in [0.1, 0.15) is 44.9 Å². The fourth-order valence-electron chi connectivity index (χ4n) is 4.20. The van der Waals surface area contributed by atoms with Crippen LogP contribution >= 0.6 is 11.6 Å². The molecule has 0 radical (unpaired) electrons. The third-order valence-electron chi connectivity index (χ3n) is 5.85. The Morgan fingerprint density at radius 1 is 1.14 bits per heavy atom. The van der Waals surface area contributed by atoms with E-state index in [0.29, 0.717) is 37.3 Å². The second kappa shape index (κ2) is 9.02. The standard InChI is InChI=1S/C20H27ClN2O5S/c1-28-19(25)20(11-3-2-4-12-20)22-18(24)15-6-5-13-23(14-15)29(26,27)17-9-7-16(21)8-10-17/h7-10,15H,2-6,11-14H2,1H3,(H,22,24). The summed E-state index contributed by atoms with van der Waals surface area (Å²) in [6, 6.07) is 6.00. The van der Waals surface area contributed by atoms with Crippen molar-refractivity contribution in [3.63, 3.8) is 0 Å². The second-order valence-corrected chi connectivity index (χ2v) is 10.2. The summed E-state index contributed by atoms with van der Waals surface area (Å²) in [6.07, 6.45) is 4.96. The summed E-state index contributed by atoms with van der Waals surface area (Å²) in [5.74, 6) is -1.21. The van der Waals surface area contributed by atoms with E-state index in [-0.39, 0.29) is 17.3 Å². The third kappa shape index (κ3) is 4.75. The number of sulfonamides is 1. The minimum atomic E-state index is -3.71. The zero-order valence-electron chi connectivity index (χ0n) is 16.5. The van der Waals surface area contributed by atoms with Crippen LogP contribution in [0, 0.1) is 5.92 Å². The molecule has 2 aliphatic rings. The first-order chi connectivity index (χ1) is 13.8. The number of rotatable bonds is 5. The average Bonchev–Trinajstić information content (AvgIpc) is 2.74. The van der Waals surface area contributed by atoms with Crippen molar-refractivity contribution in [2.24, 2.45) is 5.92 Å². The number of nitrogens with one attached hydrogen (secondary N) is 1. The van der Waals surface area contributed by atoms with E-state index in [0.717, 1.165) is 19.3 Å². The van der Waals surface area contributed by atoms with Gasteiger partial charge < -0.3 is 10.1 Å². The molecule has 1 atom stereocenters. The number of esters is 1. The van der Waals surface area contributed by atoms with Crippen LogP contribution in [0.2, 0.25) is 5.02 Å². The van der Waals surface area contributed by atoms with E-state index in [1.165, 1.54) is 35.7 Å². The van der Waals surface area contributed by atoms with Gasteiger partial charge in [-0.05, 0) is 49.9 Å². The molecule has 1 aromatic carbocycles. The summed E-state index contributed by atoms with van der Waals surface area (Å²) in [5.41, 5.74) is -0.999. The molecule has 1 aliphatic carbocycles. The van der Waals surface area contributed by atoms with E-state index in [1.54, 1.807) is 0 Å². The van der Waals surface area contributed by atoms with Crippen molar-refractivity contribution >= 4 is 33.5 Å². The Morgan fingerprint density at radius 3 is 2.41 bits per heavy atom. The lowest BCUT2D eigenvalue weighted by molar-refractivity contribution is -0.153. The van der Waals surface area contributed by atoms with E-state index in [4.69, 9.17) is 16.3 Å². The average molecular weight is 443 g/mol. The highest BCUT2D eigenvalue weighted by Gasteiger charge is 2.44. The fraction of sp³-hybridized carbons (Fsp3) is 0.600. The number of nitrogens with zero attached hydrogens (tertiary/aromatic N) is 1. The van der Waals surface area contributed by atoms with Gasteiger partial charge in [0.15, 0.2) is 0 Å². The van der Waals surface area contributed by atoms with E-state index in [9.17, 15) is 18.0 Å². The molecule has 2 fully saturated rings. The van der Waals surface area contributed by atoms with E-state index in [2.05, 4.69) is 5.32 Å². The molecule has 1 N–H and O–H groups in total. The fourth-order valence-corrected chi connectivity index (χ4v) is 5.85. The topological polar surface area (TPSA) is 92.8 Å². The minimum Gasteiger partial charge on any atom is -0.467 e. The van der Waals surface area contributed by atoms with Gasteiger partial charge in [0, 0.05) is 18.1 Å². The highest BCUT2D eigenvalue weighted by Crippen LogP contribution is 2.31. The number of carbonyl (C=O) groups excluding carboxylic acids is 2. The molecule has 1 aliphatic heterocycles. The number of piperidine rings is 1. The van der Waals surface area contributed by atoms with Crippen LogP contribution in [0.15, 0.2) is 29.2 Å². The van der Waals surface area contributed by atoms with Gasteiger partial charge in [-0.15, -0.1) is 0 Å². The molecule has 1 aromatic rings. The lowest BCUT2D eigenvalue weighted by Crippen LogP contribution is -2.58. The van der Waals surface area contributed by atoms with Gasteiger partial charge in [0.2, 0.25) is 15.9 Å². The largest absolute Gasteiger partial charge is 0.467 e. The Morgan fingerprint density at radius 2 is 1.79 bits per heavy atom. The zero-order chi connectivity index (χ0) is 21.1. The predicted molar refractivity (Wildman–Crippen MR) is 109 cm³/mol. The molecule has 9 heteroatoms. The van der Waals surface area contributed by atoms with Crippen molar-refractivity contribution in [1.82, 2.24) is 9.62 Å². The maximum atomic E-state index is 13.0. The molecule has 7 nitrogen and oxygen atoms in total. The number of methoxy groups -OCH3 is 1. The summed E-state index contributed by atoms with van der Waals surface area (Å²) in [4.78, 5) is 25.5. The lowest BCUT2D eigenvalue weighted by atomic mass is 9.81. The first kappa shape index (κ1) is 22.1. The Balaban J connectivity index is 1.73. The van der Waals surface area contributed by atoms with E-state index < -0.39 is 27.4 Å². The van der Waals surface area contributed by atoms with Crippen molar-refractivity contribution in [1.29, 1.82) is 0 Å². The number of ether oxygens (including phenoxy) is 1. The quantitative estimate of drug-likeness (QED) is 0.708. The number of amides is 1. The Bertz CT molecular complexity index is 850. The Hall–Kier alpha value is -1.64. The molecule has 1 saturated carbocycles. The molecule has 1 heterocycles. The van der Waals surface area contributed by atoms with Crippen LogP contribution in [0.5, 0.6) is 0 Å². The molecule has 1 saturated heterocycles. The van der Waals surface area contributed by atoms with Gasteiger partial charge in [0.05, 0.1) is 17.9 Å². The van der Waals surface area contributed by atoms with Crippen LogP contribution in [0.3, 0.4) is 0 Å². The summed E-state index contributed by atoms with van der Waals surface area (Å²) >= 11 is 5.86. The Kier molecular flexibility index (Phi) is 6.86. The Labute approximate surface area is 176 Å². The van der Waals surface area contributed by atoms with E-state index in [1.807, 2.05) is 0 Å². The summed E-state index contributed by atoms with van der Waals surface area (Å²) in [6.45, 7) is 0.449. The maximum Gasteiger partial charge on any atom is 0.331 e. The lowest BCUT2D eigenvalue weighted by Gasteiger charge is -2.38.